The van der Waals surface area contributed by atoms with Gasteiger partial charge in [-0.2, -0.15) is 0 Å². The van der Waals surface area contributed by atoms with Crippen LogP contribution in [0.1, 0.15) is 26.7 Å². The number of halogens is 1. The lowest BCUT2D eigenvalue weighted by molar-refractivity contribution is 0.375. The van der Waals surface area contributed by atoms with Crippen molar-refractivity contribution in [2.75, 3.05) is 25.1 Å². The third-order valence-electron chi connectivity index (χ3n) is 3.74. The highest BCUT2D eigenvalue weighted by Crippen LogP contribution is 2.33. The molecule has 0 saturated carbocycles. The second-order valence-electron chi connectivity index (χ2n) is 5.21. The van der Waals surface area contributed by atoms with Gasteiger partial charge in [-0.1, -0.05) is 24.9 Å². The van der Waals surface area contributed by atoms with Crippen LogP contribution in [-0.2, 0) is 0 Å². The van der Waals surface area contributed by atoms with Gasteiger partial charge in [0, 0.05) is 30.2 Å². The first-order chi connectivity index (χ1) is 9.15. The average Bonchev–Trinajstić information content (AvgIpc) is 2.41. The van der Waals surface area contributed by atoms with Crippen LogP contribution in [0.2, 0.25) is 5.02 Å². The van der Waals surface area contributed by atoms with Gasteiger partial charge < -0.3 is 15.0 Å². The normalized spacial score (nSPS) is 23.5. The van der Waals surface area contributed by atoms with Crippen molar-refractivity contribution < 1.29 is 4.74 Å². The van der Waals surface area contributed by atoms with E-state index >= 15 is 0 Å². The summed E-state index contributed by atoms with van der Waals surface area (Å²) in [7, 11) is 1.71. The second kappa shape index (κ2) is 6.49. The van der Waals surface area contributed by atoms with Gasteiger partial charge in [0.25, 0.3) is 0 Å². The van der Waals surface area contributed by atoms with Crippen LogP contribution in [-0.4, -0.2) is 32.3 Å². The van der Waals surface area contributed by atoms with Crippen LogP contribution >= 0.6 is 11.6 Å². The molecule has 0 bridgehead atoms. The number of nitrogens with zero attached hydrogens (tertiary/aromatic N) is 1. The summed E-state index contributed by atoms with van der Waals surface area (Å²) in [5.74, 6) is 0.897. The van der Waals surface area contributed by atoms with Gasteiger partial charge in [0.2, 0.25) is 0 Å². The van der Waals surface area contributed by atoms with Crippen molar-refractivity contribution in [2.24, 2.45) is 0 Å². The number of ether oxygens (including phenoxy) is 1. The summed E-state index contributed by atoms with van der Waals surface area (Å²) >= 11 is 6.14. The van der Waals surface area contributed by atoms with Gasteiger partial charge in [0.15, 0.2) is 0 Å². The van der Waals surface area contributed by atoms with E-state index in [2.05, 4.69) is 24.1 Å². The van der Waals surface area contributed by atoms with Crippen LogP contribution in [0.15, 0.2) is 18.2 Å². The first-order valence-electron chi connectivity index (χ1n) is 6.99. The Bertz CT molecular complexity index is 425. The van der Waals surface area contributed by atoms with E-state index in [-0.39, 0.29) is 0 Å². The molecule has 2 atom stereocenters. The number of hydrogen-bond acceptors (Lipinski definition) is 3. The molecule has 0 radical (unpaired) electrons. The largest absolute Gasteiger partial charge is 0.495 e. The van der Waals surface area contributed by atoms with Crippen molar-refractivity contribution in [2.45, 2.75) is 38.8 Å². The summed E-state index contributed by atoms with van der Waals surface area (Å²) in [6, 6.07) is 6.82. The van der Waals surface area contributed by atoms with Gasteiger partial charge in [0.1, 0.15) is 5.75 Å². The lowest BCUT2D eigenvalue weighted by atomic mass is 10.0. The number of hydrogen-bond donors (Lipinski definition) is 1. The fourth-order valence-electron chi connectivity index (χ4n) is 2.69. The van der Waals surface area contributed by atoms with Gasteiger partial charge >= 0.3 is 0 Å². The van der Waals surface area contributed by atoms with Crippen LogP contribution in [0.25, 0.3) is 0 Å². The Morgan fingerprint density at radius 1 is 1.47 bits per heavy atom. The highest BCUT2D eigenvalue weighted by molar-refractivity contribution is 6.30. The van der Waals surface area contributed by atoms with Gasteiger partial charge in [-0.05, 0) is 31.5 Å². The van der Waals surface area contributed by atoms with Crippen LogP contribution in [0, 0.1) is 0 Å². The molecule has 0 aromatic heterocycles. The van der Waals surface area contributed by atoms with Crippen LogP contribution < -0.4 is 15.0 Å². The van der Waals surface area contributed by atoms with Gasteiger partial charge in [-0.15, -0.1) is 0 Å². The summed E-state index contributed by atoms with van der Waals surface area (Å²) in [6.45, 7) is 6.46. The monoisotopic (exact) mass is 282 g/mol. The van der Waals surface area contributed by atoms with E-state index in [0.717, 1.165) is 29.5 Å². The Balaban J connectivity index is 2.25. The molecule has 1 saturated heterocycles. The fourth-order valence-corrected chi connectivity index (χ4v) is 2.86. The molecule has 4 heteroatoms. The summed E-state index contributed by atoms with van der Waals surface area (Å²) in [5, 5.41) is 4.36. The molecule has 1 aliphatic rings. The van der Waals surface area contributed by atoms with E-state index in [1.807, 2.05) is 18.2 Å². The molecule has 1 N–H and O–H groups in total. The zero-order chi connectivity index (χ0) is 13.8. The van der Waals surface area contributed by atoms with Crippen LogP contribution in [0.5, 0.6) is 5.75 Å². The van der Waals surface area contributed by atoms with E-state index in [4.69, 9.17) is 16.3 Å². The van der Waals surface area contributed by atoms with Crippen molar-refractivity contribution in [3.05, 3.63) is 23.2 Å². The predicted octanol–water partition coefficient (Wildman–Crippen LogP) is 3.32. The third kappa shape index (κ3) is 3.34. The lowest BCUT2D eigenvalue weighted by Gasteiger charge is -2.41. The van der Waals surface area contributed by atoms with Crippen molar-refractivity contribution in [1.82, 2.24) is 5.32 Å². The third-order valence-corrected chi connectivity index (χ3v) is 3.97. The van der Waals surface area contributed by atoms with Crippen molar-refractivity contribution in [3.8, 4) is 5.75 Å². The summed E-state index contributed by atoms with van der Waals surface area (Å²) in [4.78, 5) is 2.40. The molecular formula is C15H23ClN2O. The smallest absolute Gasteiger partial charge is 0.142 e. The quantitative estimate of drug-likeness (QED) is 0.917. The molecule has 1 aromatic rings. The molecule has 0 spiro atoms. The van der Waals surface area contributed by atoms with E-state index in [1.54, 1.807) is 7.11 Å². The number of benzene rings is 1. The fraction of sp³-hybridized carbons (Fsp3) is 0.600. The molecule has 2 rings (SSSR count). The molecule has 0 aliphatic carbocycles. The topological polar surface area (TPSA) is 24.5 Å². The van der Waals surface area contributed by atoms with Gasteiger partial charge in [-0.3, -0.25) is 0 Å². The van der Waals surface area contributed by atoms with E-state index < -0.39 is 0 Å². The Morgan fingerprint density at radius 3 is 2.95 bits per heavy atom. The first-order valence-corrected chi connectivity index (χ1v) is 7.37. The summed E-state index contributed by atoms with van der Waals surface area (Å²) in [5.41, 5.74) is 1.10. The van der Waals surface area contributed by atoms with E-state index in [1.165, 1.54) is 12.8 Å². The molecule has 1 aromatic carbocycles. The standard InChI is InChI=1S/C15H23ClN2O/c1-4-5-13-10-18(11(2)9-17-13)14-8-12(16)6-7-15(14)19-3/h6-8,11,13,17H,4-5,9-10H2,1-3H3. The van der Waals surface area contributed by atoms with Crippen LogP contribution in [0.4, 0.5) is 5.69 Å². The summed E-state index contributed by atoms with van der Waals surface area (Å²) < 4.78 is 5.48. The lowest BCUT2D eigenvalue weighted by Crippen LogP contribution is -2.55. The molecule has 1 aliphatic heterocycles. The minimum atomic E-state index is 0.445. The zero-order valence-electron chi connectivity index (χ0n) is 11.9. The zero-order valence-corrected chi connectivity index (χ0v) is 12.7. The number of nitrogens with one attached hydrogen (secondary N) is 1. The van der Waals surface area contributed by atoms with Gasteiger partial charge in [0.05, 0.1) is 12.8 Å². The second-order valence-corrected chi connectivity index (χ2v) is 5.65. The molecule has 106 valence electrons. The Morgan fingerprint density at radius 2 is 2.26 bits per heavy atom. The Kier molecular flexibility index (Phi) is 4.94. The average molecular weight is 283 g/mol. The number of methoxy groups -OCH3 is 1. The summed E-state index contributed by atoms with van der Waals surface area (Å²) in [6.07, 6.45) is 2.40. The molecule has 19 heavy (non-hydrogen) atoms. The maximum Gasteiger partial charge on any atom is 0.142 e. The van der Waals surface area contributed by atoms with Crippen molar-refractivity contribution in [1.29, 1.82) is 0 Å². The first kappa shape index (κ1) is 14.5. The van der Waals surface area contributed by atoms with Crippen LogP contribution in [0.3, 0.4) is 0 Å². The van der Waals surface area contributed by atoms with Crippen molar-refractivity contribution >= 4 is 17.3 Å². The molecule has 3 nitrogen and oxygen atoms in total. The molecule has 2 unspecified atom stereocenters. The molecule has 1 fully saturated rings. The van der Waals surface area contributed by atoms with E-state index in [9.17, 15) is 0 Å². The van der Waals surface area contributed by atoms with E-state index in [0.29, 0.717) is 12.1 Å². The number of piperazine rings is 1. The predicted molar refractivity (Wildman–Crippen MR) is 81.5 cm³/mol. The SMILES string of the molecule is CCCC1CN(c2cc(Cl)ccc2OC)C(C)CN1. The highest BCUT2D eigenvalue weighted by atomic mass is 35.5. The molecular weight excluding hydrogens is 260 g/mol. The Labute approximate surface area is 120 Å². The minimum Gasteiger partial charge on any atom is -0.495 e. The maximum absolute atomic E-state index is 6.14. The maximum atomic E-state index is 6.14. The molecule has 0 amide bonds. The highest BCUT2D eigenvalue weighted by Gasteiger charge is 2.26. The van der Waals surface area contributed by atoms with Gasteiger partial charge in [-0.25, -0.2) is 0 Å². The van der Waals surface area contributed by atoms with Crippen molar-refractivity contribution in [3.63, 3.8) is 0 Å². The number of rotatable bonds is 4. The Hall–Kier alpha value is -0.930. The minimum absolute atomic E-state index is 0.445. The molecule has 1 heterocycles. The number of anilines is 1.